The number of ether oxygens (including phenoxy) is 1. The normalized spacial score (nSPS) is 11.8. The van der Waals surface area contributed by atoms with E-state index in [4.69, 9.17) is 25.9 Å². The Labute approximate surface area is 189 Å². The molecule has 0 fully saturated rings. The van der Waals surface area contributed by atoms with Crippen molar-refractivity contribution in [1.29, 1.82) is 0 Å². The molecule has 1 heterocycles. The standard InChI is InChI=1S/C19H18ClN3O7S2/c1-29-16-7-5-13(10-18(16)31(21,25)26)23-19(24)12-4-6-15(20)17(9-12)32(27,28)22-11-14-3-2-8-30-14/h2-10,22H,11H2,1H3,(H,23,24)(H2,21,25,26). The van der Waals surface area contributed by atoms with Crippen molar-refractivity contribution < 1.29 is 30.8 Å². The quantitative estimate of drug-likeness (QED) is 0.429. The summed E-state index contributed by atoms with van der Waals surface area (Å²) in [5, 5.41) is 7.57. The van der Waals surface area contributed by atoms with E-state index in [1.807, 2.05) is 0 Å². The Morgan fingerprint density at radius 2 is 1.84 bits per heavy atom. The Balaban J connectivity index is 1.85. The molecule has 32 heavy (non-hydrogen) atoms. The number of nitrogens with one attached hydrogen (secondary N) is 2. The highest BCUT2D eigenvalue weighted by Crippen LogP contribution is 2.27. The number of carbonyl (C=O) groups excluding carboxylic acids is 1. The van der Waals surface area contributed by atoms with E-state index in [1.54, 1.807) is 12.1 Å². The van der Waals surface area contributed by atoms with Crippen molar-refractivity contribution in [3.05, 3.63) is 71.1 Å². The van der Waals surface area contributed by atoms with Crippen LogP contribution in [0.5, 0.6) is 5.75 Å². The highest BCUT2D eigenvalue weighted by atomic mass is 35.5. The second-order valence-corrected chi connectivity index (χ2v) is 10.1. The van der Waals surface area contributed by atoms with Gasteiger partial charge in [-0.15, -0.1) is 0 Å². The molecule has 0 atom stereocenters. The molecule has 3 rings (SSSR count). The molecule has 0 bridgehead atoms. The molecule has 0 saturated heterocycles. The second kappa shape index (κ2) is 9.30. The van der Waals surface area contributed by atoms with Gasteiger partial charge in [0, 0.05) is 11.3 Å². The first-order chi connectivity index (χ1) is 15.0. The van der Waals surface area contributed by atoms with Crippen LogP contribution in [0.25, 0.3) is 0 Å². The molecule has 0 aliphatic carbocycles. The average molecular weight is 500 g/mol. The third kappa shape index (κ3) is 5.47. The summed E-state index contributed by atoms with van der Waals surface area (Å²) in [5.41, 5.74) is 0.0795. The number of amides is 1. The lowest BCUT2D eigenvalue weighted by molar-refractivity contribution is 0.102. The van der Waals surface area contributed by atoms with E-state index in [2.05, 4.69) is 10.0 Å². The fourth-order valence-corrected chi connectivity index (χ4v) is 4.93. The number of anilines is 1. The van der Waals surface area contributed by atoms with Crippen molar-refractivity contribution in [3.63, 3.8) is 0 Å². The Morgan fingerprint density at radius 3 is 2.47 bits per heavy atom. The summed E-state index contributed by atoms with van der Waals surface area (Å²) in [6.07, 6.45) is 1.40. The van der Waals surface area contributed by atoms with Crippen molar-refractivity contribution in [2.75, 3.05) is 12.4 Å². The molecule has 0 saturated carbocycles. The van der Waals surface area contributed by atoms with Crippen LogP contribution < -0.4 is 19.9 Å². The number of nitrogens with two attached hydrogens (primary N) is 1. The first kappa shape index (κ1) is 23.8. The minimum atomic E-state index is -4.11. The van der Waals surface area contributed by atoms with Gasteiger partial charge in [-0.1, -0.05) is 11.6 Å². The van der Waals surface area contributed by atoms with Gasteiger partial charge in [0.1, 0.15) is 21.3 Å². The summed E-state index contributed by atoms with van der Waals surface area (Å²) in [4.78, 5) is 12.0. The zero-order valence-electron chi connectivity index (χ0n) is 16.5. The summed E-state index contributed by atoms with van der Waals surface area (Å²) in [6.45, 7) is -0.107. The van der Waals surface area contributed by atoms with Gasteiger partial charge in [0.05, 0.1) is 24.9 Å². The minimum Gasteiger partial charge on any atom is -0.495 e. The zero-order chi connectivity index (χ0) is 23.5. The fourth-order valence-electron chi connectivity index (χ4n) is 2.69. The Hall–Kier alpha value is -2.90. The Bertz CT molecular complexity index is 1360. The van der Waals surface area contributed by atoms with Crippen LogP contribution in [0.4, 0.5) is 5.69 Å². The summed E-state index contributed by atoms with van der Waals surface area (Å²) in [6, 6.07) is 10.8. The molecule has 170 valence electrons. The van der Waals surface area contributed by atoms with Gasteiger partial charge in [-0.2, -0.15) is 0 Å². The molecule has 10 nitrogen and oxygen atoms in total. The molecule has 1 aromatic heterocycles. The summed E-state index contributed by atoms with van der Waals surface area (Å²) in [7, 11) is -6.90. The van der Waals surface area contributed by atoms with E-state index in [-0.39, 0.29) is 38.4 Å². The molecule has 0 unspecified atom stereocenters. The minimum absolute atomic E-state index is 0.00741. The van der Waals surface area contributed by atoms with Gasteiger partial charge in [-0.25, -0.2) is 26.7 Å². The average Bonchev–Trinajstić information content (AvgIpc) is 3.25. The Morgan fingerprint density at radius 1 is 1.09 bits per heavy atom. The van der Waals surface area contributed by atoms with Gasteiger partial charge in [0.2, 0.25) is 20.0 Å². The molecule has 0 aliphatic rings. The largest absolute Gasteiger partial charge is 0.495 e. The van der Waals surface area contributed by atoms with Crippen LogP contribution in [0, 0.1) is 0 Å². The number of halogens is 1. The number of carbonyl (C=O) groups is 1. The predicted octanol–water partition coefficient (Wildman–Crippen LogP) is 2.32. The summed E-state index contributed by atoms with van der Waals surface area (Å²) >= 11 is 6.04. The van der Waals surface area contributed by atoms with Gasteiger partial charge in [-0.05, 0) is 48.5 Å². The van der Waals surface area contributed by atoms with E-state index in [9.17, 15) is 21.6 Å². The molecule has 3 aromatic rings. The van der Waals surface area contributed by atoms with Gasteiger partial charge < -0.3 is 14.5 Å². The van der Waals surface area contributed by atoms with Crippen LogP contribution >= 0.6 is 11.6 Å². The van der Waals surface area contributed by atoms with Crippen LogP contribution in [0.1, 0.15) is 16.1 Å². The highest BCUT2D eigenvalue weighted by Gasteiger charge is 2.21. The fraction of sp³-hybridized carbons (Fsp3) is 0.105. The van der Waals surface area contributed by atoms with E-state index < -0.39 is 26.0 Å². The number of hydrogen-bond donors (Lipinski definition) is 3. The number of methoxy groups -OCH3 is 1. The number of primary sulfonamides is 1. The van der Waals surface area contributed by atoms with E-state index in [1.165, 1.54) is 37.6 Å². The maximum Gasteiger partial charge on any atom is 0.255 e. The zero-order valence-corrected chi connectivity index (χ0v) is 18.9. The second-order valence-electron chi connectivity index (χ2n) is 6.41. The van der Waals surface area contributed by atoms with Crippen molar-refractivity contribution in [1.82, 2.24) is 4.72 Å². The number of sulfonamides is 2. The SMILES string of the molecule is COc1ccc(NC(=O)c2ccc(Cl)c(S(=O)(=O)NCc3ccco3)c2)cc1S(N)(=O)=O. The molecule has 1 amide bonds. The molecule has 2 aromatic carbocycles. The molecule has 4 N–H and O–H groups in total. The smallest absolute Gasteiger partial charge is 0.255 e. The topological polar surface area (TPSA) is 158 Å². The maximum absolute atomic E-state index is 12.7. The van der Waals surface area contributed by atoms with Crippen LogP contribution in [0.15, 0.2) is 69.0 Å². The van der Waals surface area contributed by atoms with Crippen LogP contribution in [-0.4, -0.2) is 29.9 Å². The van der Waals surface area contributed by atoms with Gasteiger partial charge in [0.15, 0.2) is 0 Å². The molecule has 0 spiro atoms. The third-order valence-electron chi connectivity index (χ3n) is 4.23. The molecule has 13 heteroatoms. The van der Waals surface area contributed by atoms with Crippen molar-refractivity contribution in [2.24, 2.45) is 5.14 Å². The van der Waals surface area contributed by atoms with Gasteiger partial charge >= 0.3 is 0 Å². The number of furan rings is 1. The highest BCUT2D eigenvalue weighted by molar-refractivity contribution is 7.89. The van der Waals surface area contributed by atoms with Crippen LogP contribution in [0.3, 0.4) is 0 Å². The lowest BCUT2D eigenvalue weighted by Gasteiger charge is -2.12. The summed E-state index contributed by atoms with van der Waals surface area (Å²) in [5.74, 6) is -0.300. The van der Waals surface area contributed by atoms with Crippen LogP contribution in [0.2, 0.25) is 5.02 Å². The maximum atomic E-state index is 12.7. The van der Waals surface area contributed by atoms with Gasteiger partial charge in [0.25, 0.3) is 5.91 Å². The molecule has 0 radical (unpaired) electrons. The lowest BCUT2D eigenvalue weighted by atomic mass is 10.2. The third-order valence-corrected chi connectivity index (χ3v) is 7.04. The van der Waals surface area contributed by atoms with E-state index in [0.717, 1.165) is 12.1 Å². The number of rotatable bonds is 8. The number of benzene rings is 2. The molecule has 0 aliphatic heterocycles. The number of hydrogen-bond acceptors (Lipinski definition) is 7. The van der Waals surface area contributed by atoms with Crippen molar-refractivity contribution >= 4 is 43.2 Å². The lowest BCUT2D eigenvalue weighted by Crippen LogP contribution is -2.24. The van der Waals surface area contributed by atoms with Crippen molar-refractivity contribution in [3.8, 4) is 5.75 Å². The monoisotopic (exact) mass is 499 g/mol. The van der Waals surface area contributed by atoms with Crippen LogP contribution in [-0.2, 0) is 26.6 Å². The predicted molar refractivity (Wildman–Crippen MR) is 117 cm³/mol. The van der Waals surface area contributed by atoms with Gasteiger partial charge in [-0.3, -0.25) is 4.79 Å². The first-order valence-corrected chi connectivity index (χ1v) is 12.3. The first-order valence-electron chi connectivity index (χ1n) is 8.85. The van der Waals surface area contributed by atoms with Crippen molar-refractivity contribution in [2.45, 2.75) is 16.3 Å². The van der Waals surface area contributed by atoms with E-state index >= 15 is 0 Å². The molecular weight excluding hydrogens is 482 g/mol. The molecular formula is C19H18ClN3O7S2. The Kier molecular flexibility index (Phi) is 6.91. The summed E-state index contributed by atoms with van der Waals surface area (Å²) < 4.78 is 61.2. The van der Waals surface area contributed by atoms with E-state index in [0.29, 0.717) is 5.76 Å².